The lowest BCUT2D eigenvalue weighted by Gasteiger charge is -2.05. The summed E-state index contributed by atoms with van der Waals surface area (Å²) in [7, 11) is 0. The highest BCUT2D eigenvalue weighted by Gasteiger charge is 2.10. The molecule has 0 aliphatic heterocycles. The summed E-state index contributed by atoms with van der Waals surface area (Å²) in [5, 5.41) is 4.58. The van der Waals surface area contributed by atoms with Crippen molar-refractivity contribution in [1.82, 2.24) is 15.0 Å². The molecule has 0 saturated carbocycles. The predicted octanol–water partition coefficient (Wildman–Crippen LogP) is 4.02. The molecule has 1 aromatic carbocycles. The molecule has 104 valence electrons. The Bertz CT molecular complexity index is 730. The molecule has 3 rings (SSSR count). The van der Waals surface area contributed by atoms with Crippen molar-refractivity contribution >= 4 is 27.8 Å². The molecule has 0 saturated heterocycles. The van der Waals surface area contributed by atoms with Crippen molar-refractivity contribution in [2.24, 2.45) is 0 Å². The molecule has 2 heterocycles. The van der Waals surface area contributed by atoms with Gasteiger partial charge in [-0.3, -0.25) is 0 Å². The van der Waals surface area contributed by atoms with Gasteiger partial charge in [-0.2, -0.15) is 0 Å². The van der Waals surface area contributed by atoms with E-state index in [9.17, 15) is 0 Å². The van der Waals surface area contributed by atoms with Crippen LogP contribution in [0.2, 0.25) is 0 Å². The van der Waals surface area contributed by atoms with Crippen molar-refractivity contribution in [1.29, 1.82) is 0 Å². The van der Waals surface area contributed by atoms with Gasteiger partial charge < -0.3 is 10.3 Å². The van der Waals surface area contributed by atoms with E-state index in [0.717, 1.165) is 28.9 Å². The first kappa shape index (κ1) is 12.9. The third-order valence-corrected chi connectivity index (χ3v) is 3.61. The third-order valence-electron chi connectivity index (χ3n) is 3.61. The highest BCUT2D eigenvalue weighted by Crippen LogP contribution is 2.27. The zero-order chi connectivity index (χ0) is 13.9. The quantitative estimate of drug-likeness (QED) is 0.687. The minimum absolute atomic E-state index is 0.903. The zero-order valence-corrected chi connectivity index (χ0v) is 12.0. The second-order valence-electron chi connectivity index (χ2n) is 5.25. The largest absolute Gasteiger partial charge is 0.368 e. The Kier molecular flexibility index (Phi) is 3.54. The maximum Gasteiger partial charge on any atom is 0.153 e. The number of aryl methyl sites for hydroxylation is 1. The summed E-state index contributed by atoms with van der Waals surface area (Å²) in [6.45, 7) is 5.26. The minimum Gasteiger partial charge on any atom is -0.368 e. The highest BCUT2D eigenvalue weighted by molar-refractivity contribution is 6.08. The molecule has 0 radical (unpaired) electrons. The topological polar surface area (TPSA) is 53.6 Å². The molecule has 0 spiro atoms. The second-order valence-corrected chi connectivity index (χ2v) is 5.25. The van der Waals surface area contributed by atoms with E-state index in [4.69, 9.17) is 0 Å². The van der Waals surface area contributed by atoms with Crippen LogP contribution in [0.4, 0.5) is 5.82 Å². The summed E-state index contributed by atoms with van der Waals surface area (Å²) in [5.74, 6) is 0.903. The Balaban J connectivity index is 1.99. The number of aromatic nitrogens is 3. The predicted molar refractivity (Wildman–Crippen MR) is 84.1 cm³/mol. The fourth-order valence-corrected chi connectivity index (χ4v) is 2.52. The number of aromatic amines is 1. The Labute approximate surface area is 118 Å². The van der Waals surface area contributed by atoms with E-state index in [-0.39, 0.29) is 0 Å². The number of nitrogens with one attached hydrogen (secondary N) is 2. The molecule has 20 heavy (non-hydrogen) atoms. The zero-order valence-electron chi connectivity index (χ0n) is 12.0. The van der Waals surface area contributed by atoms with E-state index in [2.05, 4.69) is 52.3 Å². The Morgan fingerprint density at radius 1 is 1.20 bits per heavy atom. The van der Waals surface area contributed by atoms with E-state index in [1.165, 1.54) is 30.2 Å². The number of unbranched alkanes of at least 4 members (excludes halogenated alkanes) is 2. The van der Waals surface area contributed by atoms with Gasteiger partial charge in [-0.15, -0.1) is 0 Å². The molecular weight excluding hydrogens is 248 g/mol. The molecule has 4 nitrogen and oxygen atoms in total. The highest BCUT2D eigenvalue weighted by atomic mass is 15.0. The molecule has 4 heteroatoms. The van der Waals surface area contributed by atoms with Gasteiger partial charge in [0, 0.05) is 17.4 Å². The maximum absolute atomic E-state index is 4.43. The Morgan fingerprint density at radius 3 is 2.95 bits per heavy atom. The van der Waals surface area contributed by atoms with Gasteiger partial charge in [-0.05, 0) is 25.5 Å². The second kappa shape index (κ2) is 5.49. The number of hydrogen-bond donors (Lipinski definition) is 2. The molecule has 0 unspecified atom stereocenters. The van der Waals surface area contributed by atoms with E-state index >= 15 is 0 Å². The summed E-state index contributed by atoms with van der Waals surface area (Å²) in [6.07, 6.45) is 5.28. The van der Waals surface area contributed by atoms with Crippen molar-refractivity contribution in [2.75, 3.05) is 11.9 Å². The first-order valence-electron chi connectivity index (χ1n) is 7.26. The maximum atomic E-state index is 4.43. The smallest absolute Gasteiger partial charge is 0.153 e. The lowest BCUT2D eigenvalue weighted by molar-refractivity contribution is 0.742. The van der Waals surface area contributed by atoms with Crippen LogP contribution in [-0.2, 0) is 0 Å². The van der Waals surface area contributed by atoms with Gasteiger partial charge in [-0.25, -0.2) is 9.97 Å². The van der Waals surface area contributed by atoms with Crippen LogP contribution in [0.5, 0.6) is 0 Å². The van der Waals surface area contributed by atoms with Gasteiger partial charge in [0.2, 0.25) is 0 Å². The summed E-state index contributed by atoms with van der Waals surface area (Å²) in [6, 6.07) is 6.38. The Hall–Kier alpha value is -2.10. The average Bonchev–Trinajstić information content (AvgIpc) is 2.82. The van der Waals surface area contributed by atoms with Crippen LogP contribution in [0.1, 0.15) is 31.7 Å². The Morgan fingerprint density at radius 2 is 2.10 bits per heavy atom. The number of hydrogen-bond acceptors (Lipinski definition) is 3. The molecule has 0 atom stereocenters. The van der Waals surface area contributed by atoms with Crippen molar-refractivity contribution in [3.63, 3.8) is 0 Å². The van der Waals surface area contributed by atoms with Crippen molar-refractivity contribution in [3.8, 4) is 0 Å². The summed E-state index contributed by atoms with van der Waals surface area (Å²) >= 11 is 0. The van der Waals surface area contributed by atoms with Gasteiger partial charge in [0.15, 0.2) is 5.82 Å². The number of rotatable bonds is 5. The van der Waals surface area contributed by atoms with Crippen LogP contribution in [0, 0.1) is 6.92 Å². The summed E-state index contributed by atoms with van der Waals surface area (Å²) < 4.78 is 0. The lowest BCUT2D eigenvalue weighted by Crippen LogP contribution is -2.04. The molecule has 0 aliphatic rings. The average molecular weight is 268 g/mol. The van der Waals surface area contributed by atoms with Gasteiger partial charge in [0.05, 0.1) is 0 Å². The molecular formula is C16H20N4. The lowest BCUT2D eigenvalue weighted by atomic mass is 10.1. The first-order chi connectivity index (χ1) is 9.79. The number of H-pyrrole nitrogens is 1. The van der Waals surface area contributed by atoms with Gasteiger partial charge >= 0.3 is 0 Å². The third kappa shape index (κ3) is 2.33. The van der Waals surface area contributed by atoms with Gasteiger partial charge in [-0.1, -0.05) is 31.4 Å². The van der Waals surface area contributed by atoms with E-state index in [0.29, 0.717) is 0 Å². The molecule has 0 amide bonds. The van der Waals surface area contributed by atoms with Gasteiger partial charge in [0.25, 0.3) is 0 Å². The van der Waals surface area contributed by atoms with Gasteiger partial charge in [0.1, 0.15) is 17.4 Å². The summed E-state index contributed by atoms with van der Waals surface area (Å²) in [4.78, 5) is 12.2. The van der Waals surface area contributed by atoms with Crippen LogP contribution in [-0.4, -0.2) is 21.5 Å². The van der Waals surface area contributed by atoms with Crippen molar-refractivity contribution < 1.29 is 0 Å². The van der Waals surface area contributed by atoms with E-state index in [1.807, 2.05) is 0 Å². The molecule has 3 aromatic rings. The van der Waals surface area contributed by atoms with Crippen LogP contribution in [0.25, 0.3) is 21.9 Å². The van der Waals surface area contributed by atoms with E-state index in [1.54, 1.807) is 6.33 Å². The number of fused-ring (bicyclic) bond motifs is 3. The standard InChI is InChI=1S/C16H20N4/c1-3-4-5-8-17-16-15-14(18-10-19-16)12-9-11(2)6-7-13(12)20-15/h6-7,9-10,20H,3-5,8H2,1-2H3,(H,17,18,19). The fourth-order valence-electron chi connectivity index (χ4n) is 2.52. The van der Waals surface area contributed by atoms with Crippen LogP contribution >= 0.6 is 0 Å². The van der Waals surface area contributed by atoms with Crippen molar-refractivity contribution in [3.05, 3.63) is 30.1 Å². The monoisotopic (exact) mass is 268 g/mol. The van der Waals surface area contributed by atoms with E-state index < -0.39 is 0 Å². The SMILES string of the molecule is CCCCCNc1ncnc2c1[nH]c1ccc(C)cc12. The molecule has 0 aliphatic carbocycles. The summed E-state index contributed by atoms with van der Waals surface area (Å²) in [5.41, 5.74) is 4.36. The van der Waals surface area contributed by atoms with Crippen LogP contribution in [0.15, 0.2) is 24.5 Å². The minimum atomic E-state index is 0.903. The number of nitrogens with zero attached hydrogens (tertiary/aromatic N) is 2. The van der Waals surface area contributed by atoms with Crippen LogP contribution < -0.4 is 5.32 Å². The number of benzene rings is 1. The number of anilines is 1. The molecule has 0 fully saturated rings. The van der Waals surface area contributed by atoms with Crippen molar-refractivity contribution in [2.45, 2.75) is 33.1 Å². The normalized spacial score (nSPS) is 11.3. The first-order valence-corrected chi connectivity index (χ1v) is 7.26. The molecule has 2 aromatic heterocycles. The van der Waals surface area contributed by atoms with Crippen LogP contribution in [0.3, 0.4) is 0 Å². The fraction of sp³-hybridized carbons (Fsp3) is 0.375. The molecule has 0 bridgehead atoms. The molecule has 2 N–H and O–H groups in total.